The zero-order valence-electron chi connectivity index (χ0n) is 11.7. The van der Waals surface area contributed by atoms with Gasteiger partial charge in [-0.05, 0) is 30.2 Å². The van der Waals surface area contributed by atoms with Crippen molar-refractivity contribution in [3.05, 3.63) is 35.8 Å². The Hall–Kier alpha value is -1.81. The first-order valence-corrected chi connectivity index (χ1v) is 6.58. The highest BCUT2D eigenvalue weighted by atomic mass is 16.5. The molecule has 0 radical (unpaired) electrons. The van der Waals surface area contributed by atoms with E-state index in [2.05, 4.69) is 35.9 Å². The molecule has 0 aliphatic carbocycles. The van der Waals surface area contributed by atoms with Crippen molar-refractivity contribution in [1.29, 1.82) is 0 Å². The van der Waals surface area contributed by atoms with E-state index in [0.29, 0.717) is 12.5 Å². The van der Waals surface area contributed by atoms with Crippen LogP contribution in [-0.4, -0.2) is 23.6 Å². The molecule has 2 rings (SSSR count). The van der Waals surface area contributed by atoms with E-state index in [1.165, 1.54) is 5.56 Å². The van der Waals surface area contributed by atoms with Crippen LogP contribution in [0.3, 0.4) is 0 Å². The van der Waals surface area contributed by atoms with E-state index in [0.717, 1.165) is 29.1 Å². The van der Waals surface area contributed by atoms with Crippen molar-refractivity contribution in [3.63, 3.8) is 0 Å². The highest BCUT2D eigenvalue weighted by Crippen LogP contribution is 2.33. The molecule has 4 heteroatoms. The molecule has 102 valence electrons. The molecular formula is C15H21N3O. The number of aromatic nitrogens is 2. The number of imidazole rings is 1. The van der Waals surface area contributed by atoms with E-state index in [4.69, 9.17) is 10.5 Å². The van der Waals surface area contributed by atoms with Gasteiger partial charge in [0.25, 0.3) is 0 Å². The smallest absolute Gasteiger partial charge is 0.128 e. The minimum atomic E-state index is 0.474. The molecule has 3 N–H and O–H groups in total. The summed E-state index contributed by atoms with van der Waals surface area (Å²) in [4.78, 5) is 7.58. The average Bonchev–Trinajstić information content (AvgIpc) is 2.86. The number of nitrogens with one attached hydrogen (secondary N) is 1. The first kappa shape index (κ1) is 13.6. The van der Waals surface area contributed by atoms with E-state index >= 15 is 0 Å². The fourth-order valence-electron chi connectivity index (χ4n) is 2.16. The molecule has 0 bridgehead atoms. The zero-order chi connectivity index (χ0) is 13.8. The topological polar surface area (TPSA) is 63.9 Å². The lowest BCUT2D eigenvalue weighted by molar-refractivity contribution is 0.416. The second-order valence-corrected chi connectivity index (χ2v) is 4.88. The Bertz CT molecular complexity index is 546. The van der Waals surface area contributed by atoms with Gasteiger partial charge < -0.3 is 15.5 Å². The van der Waals surface area contributed by atoms with Crippen molar-refractivity contribution >= 4 is 0 Å². The summed E-state index contributed by atoms with van der Waals surface area (Å²) in [6.07, 6.45) is 2.49. The summed E-state index contributed by atoms with van der Waals surface area (Å²) in [5, 5.41) is 0. The summed E-state index contributed by atoms with van der Waals surface area (Å²) < 4.78 is 5.45. The van der Waals surface area contributed by atoms with E-state index in [9.17, 15) is 0 Å². The number of hydrogen-bond donors (Lipinski definition) is 2. The largest absolute Gasteiger partial charge is 0.496 e. The number of nitrogens with zero attached hydrogens (tertiary/aromatic N) is 1. The van der Waals surface area contributed by atoms with Crippen LogP contribution in [0, 0.1) is 0 Å². The minimum Gasteiger partial charge on any atom is -0.496 e. The number of hydrogen-bond acceptors (Lipinski definition) is 3. The molecule has 19 heavy (non-hydrogen) atoms. The van der Waals surface area contributed by atoms with Crippen molar-refractivity contribution in [2.24, 2.45) is 5.73 Å². The van der Waals surface area contributed by atoms with Crippen molar-refractivity contribution < 1.29 is 4.74 Å². The number of methoxy groups -OCH3 is 1. The first-order chi connectivity index (χ1) is 9.17. The van der Waals surface area contributed by atoms with Gasteiger partial charge in [0.05, 0.1) is 19.1 Å². The zero-order valence-corrected chi connectivity index (χ0v) is 11.7. The predicted octanol–water partition coefficient (Wildman–Crippen LogP) is 2.71. The SMILES string of the molecule is COc1ccc(C(C)C)cc1-c1nc[nH]c1CCN. The monoisotopic (exact) mass is 259 g/mol. The van der Waals surface area contributed by atoms with Gasteiger partial charge in [-0.1, -0.05) is 19.9 Å². The summed E-state index contributed by atoms with van der Waals surface area (Å²) in [6.45, 7) is 4.95. The maximum Gasteiger partial charge on any atom is 0.128 e. The summed E-state index contributed by atoms with van der Waals surface area (Å²) >= 11 is 0. The van der Waals surface area contributed by atoms with Crippen LogP contribution < -0.4 is 10.5 Å². The van der Waals surface area contributed by atoms with Crippen molar-refractivity contribution in [1.82, 2.24) is 9.97 Å². The third-order valence-electron chi connectivity index (χ3n) is 3.26. The van der Waals surface area contributed by atoms with Gasteiger partial charge in [0.15, 0.2) is 0 Å². The number of ether oxygens (including phenoxy) is 1. The van der Waals surface area contributed by atoms with Gasteiger partial charge in [-0.2, -0.15) is 0 Å². The molecule has 0 fully saturated rings. The number of benzene rings is 1. The quantitative estimate of drug-likeness (QED) is 0.867. The summed E-state index contributed by atoms with van der Waals surface area (Å²) in [7, 11) is 1.68. The Kier molecular flexibility index (Phi) is 4.22. The maximum atomic E-state index is 5.64. The number of H-pyrrole nitrogens is 1. The van der Waals surface area contributed by atoms with Crippen LogP contribution in [0.4, 0.5) is 0 Å². The van der Waals surface area contributed by atoms with E-state index in [1.807, 2.05) is 6.07 Å². The van der Waals surface area contributed by atoms with Crippen LogP contribution in [-0.2, 0) is 6.42 Å². The second kappa shape index (κ2) is 5.89. The standard InChI is InChI=1S/C15H21N3O/c1-10(2)11-4-5-14(19-3)12(8-11)15-13(6-7-16)17-9-18-15/h4-5,8-10H,6-7,16H2,1-3H3,(H,17,18). The lowest BCUT2D eigenvalue weighted by atomic mass is 9.98. The van der Waals surface area contributed by atoms with Crippen molar-refractivity contribution in [3.8, 4) is 17.0 Å². The Morgan fingerprint density at radius 3 is 2.79 bits per heavy atom. The highest BCUT2D eigenvalue weighted by Gasteiger charge is 2.14. The van der Waals surface area contributed by atoms with Gasteiger partial charge in [0.1, 0.15) is 5.75 Å². The Morgan fingerprint density at radius 1 is 1.37 bits per heavy atom. The van der Waals surface area contributed by atoms with E-state index in [-0.39, 0.29) is 0 Å². The third-order valence-corrected chi connectivity index (χ3v) is 3.26. The van der Waals surface area contributed by atoms with Gasteiger partial charge in [0.2, 0.25) is 0 Å². The number of nitrogens with two attached hydrogens (primary N) is 1. The third kappa shape index (κ3) is 2.79. The van der Waals surface area contributed by atoms with Gasteiger partial charge in [0, 0.05) is 17.7 Å². The van der Waals surface area contributed by atoms with Gasteiger partial charge in [-0.25, -0.2) is 4.98 Å². The molecule has 0 aliphatic rings. The van der Waals surface area contributed by atoms with Crippen LogP contribution >= 0.6 is 0 Å². The van der Waals surface area contributed by atoms with Crippen molar-refractivity contribution in [2.75, 3.05) is 13.7 Å². The summed E-state index contributed by atoms with van der Waals surface area (Å²) in [5.41, 5.74) is 9.93. The maximum absolute atomic E-state index is 5.64. The minimum absolute atomic E-state index is 0.474. The Balaban J connectivity index is 2.52. The van der Waals surface area contributed by atoms with E-state index < -0.39 is 0 Å². The molecule has 0 amide bonds. The summed E-state index contributed by atoms with van der Waals surface area (Å²) in [6, 6.07) is 6.26. The molecule has 0 spiro atoms. The van der Waals surface area contributed by atoms with Gasteiger partial charge in [-0.15, -0.1) is 0 Å². The van der Waals surface area contributed by atoms with Gasteiger partial charge in [-0.3, -0.25) is 0 Å². The fraction of sp³-hybridized carbons (Fsp3) is 0.400. The average molecular weight is 259 g/mol. The van der Waals surface area contributed by atoms with Crippen LogP contribution in [0.2, 0.25) is 0 Å². The highest BCUT2D eigenvalue weighted by molar-refractivity contribution is 5.70. The summed E-state index contributed by atoms with van der Waals surface area (Å²) in [5.74, 6) is 1.32. The van der Waals surface area contributed by atoms with Crippen LogP contribution in [0.1, 0.15) is 31.0 Å². The first-order valence-electron chi connectivity index (χ1n) is 6.58. The molecule has 1 heterocycles. The van der Waals surface area contributed by atoms with E-state index in [1.54, 1.807) is 13.4 Å². The molecule has 2 aromatic rings. The van der Waals surface area contributed by atoms with Crippen LogP contribution in [0.15, 0.2) is 24.5 Å². The normalized spacial score (nSPS) is 11.0. The lowest BCUT2D eigenvalue weighted by Crippen LogP contribution is -2.04. The Morgan fingerprint density at radius 2 is 2.16 bits per heavy atom. The van der Waals surface area contributed by atoms with Crippen LogP contribution in [0.5, 0.6) is 5.75 Å². The number of rotatable bonds is 5. The van der Waals surface area contributed by atoms with Gasteiger partial charge >= 0.3 is 0 Å². The lowest BCUT2D eigenvalue weighted by Gasteiger charge is -2.12. The molecule has 1 aromatic carbocycles. The molecule has 0 saturated carbocycles. The fourth-order valence-corrected chi connectivity index (χ4v) is 2.16. The molecule has 0 aliphatic heterocycles. The molecule has 0 unspecified atom stereocenters. The second-order valence-electron chi connectivity index (χ2n) is 4.88. The van der Waals surface area contributed by atoms with Crippen LogP contribution in [0.25, 0.3) is 11.3 Å². The van der Waals surface area contributed by atoms with Crippen molar-refractivity contribution in [2.45, 2.75) is 26.2 Å². The number of aromatic amines is 1. The molecule has 0 saturated heterocycles. The molecule has 4 nitrogen and oxygen atoms in total. The molecular weight excluding hydrogens is 238 g/mol. The molecule has 0 atom stereocenters. The predicted molar refractivity (Wildman–Crippen MR) is 77.4 cm³/mol. The molecule has 1 aromatic heterocycles. The Labute approximate surface area is 114 Å².